The van der Waals surface area contributed by atoms with Crippen molar-refractivity contribution in [3.8, 4) is 0 Å². The Morgan fingerprint density at radius 2 is 2.12 bits per heavy atom. The average molecular weight is 373 g/mol. The number of rotatable bonds is 6. The largest absolute Gasteiger partial charge is 0.352 e. The molecule has 0 fully saturated rings. The van der Waals surface area contributed by atoms with Gasteiger partial charge in [0, 0.05) is 43.3 Å². The van der Waals surface area contributed by atoms with Crippen LogP contribution in [0.5, 0.6) is 0 Å². The van der Waals surface area contributed by atoms with E-state index in [2.05, 4.69) is 42.9 Å². The molecular formula is C18H20N4OS2. The molecule has 130 valence electrons. The van der Waals surface area contributed by atoms with Gasteiger partial charge in [0.2, 0.25) is 0 Å². The molecular weight excluding hydrogens is 352 g/mol. The summed E-state index contributed by atoms with van der Waals surface area (Å²) in [5, 5.41) is 15.7. The van der Waals surface area contributed by atoms with Crippen molar-refractivity contribution < 1.29 is 4.79 Å². The fourth-order valence-corrected chi connectivity index (χ4v) is 4.58. The molecule has 1 atom stereocenters. The molecule has 3 aromatic rings. The van der Waals surface area contributed by atoms with Crippen LogP contribution in [0.1, 0.15) is 34.1 Å². The highest BCUT2D eigenvalue weighted by Gasteiger charge is 2.25. The van der Waals surface area contributed by atoms with Crippen molar-refractivity contribution in [1.29, 1.82) is 0 Å². The number of aromatic nitrogens is 2. The highest BCUT2D eigenvalue weighted by Crippen LogP contribution is 2.24. The van der Waals surface area contributed by atoms with Gasteiger partial charge in [0.05, 0.1) is 11.7 Å². The number of hydrogen-bond acceptors (Lipinski definition) is 5. The molecule has 1 N–H and O–H groups in total. The van der Waals surface area contributed by atoms with E-state index in [4.69, 9.17) is 0 Å². The van der Waals surface area contributed by atoms with Crippen molar-refractivity contribution in [1.82, 2.24) is 20.0 Å². The summed E-state index contributed by atoms with van der Waals surface area (Å²) in [6, 6.07) is 6.43. The predicted molar refractivity (Wildman–Crippen MR) is 101 cm³/mol. The Hall–Kier alpha value is -1.96. The van der Waals surface area contributed by atoms with Crippen molar-refractivity contribution in [2.45, 2.75) is 25.6 Å². The first-order chi connectivity index (χ1) is 12.3. The summed E-state index contributed by atoms with van der Waals surface area (Å²) in [5.74, 6) is 0.00729. The van der Waals surface area contributed by atoms with Crippen molar-refractivity contribution in [2.75, 3.05) is 13.1 Å². The zero-order chi connectivity index (χ0) is 17.1. The number of carbonyl (C=O) groups excluding carboxylic acids is 1. The molecule has 0 bridgehead atoms. The number of amides is 1. The molecule has 1 amide bonds. The molecule has 4 rings (SSSR count). The van der Waals surface area contributed by atoms with E-state index >= 15 is 0 Å². The average Bonchev–Trinajstić information content (AvgIpc) is 3.36. The lowest BCUT2D eigenvalue weighted by Gasteiger charge is -2.33. The lowest BCUT2D eigenvalue weighted by Crippen LogP contribution is -2.38. The topological polar surface area (TPSA) is 50.2 Å². The van der Waals surface area contributed by atoms with E-state index in [-0.39, 0.29) is 5.91 Å². The number of thiophene rings is 2. The quantitative estimate of drug-likeness (QED) is 0.722. The number of carbonyl (C=O) groups is 1. The molecule has 1 aliphatic heterocycles. The van der Waals surface area contributed by atoms with Gasteiger partial charge in [0.15, 0.2) is 0 Å². The lowest BCUT2D eigenvalue weighted by molar-refractivity contribution is 0.0947. The Labute approximate surface area is 154 Å². The third kappa shape index (κ3) is 3.84. The van der Waals surface area contributed by atoms with Crippen LogP contribution in [0.2, 0.25) is 0 Å². The van der Waals surface area contributed by atoms with Gasteiger partial charge < -0.3 is 5.32 Å². The molecule has 0 radical (unpaired) electrons. The molecule has 0 aliphatic carbocycles. The fraction of sp³-hybridized carbons (Fsp3) is 0.333. The van der Waals surface area contributed by atoms with E-state index in [9.17, 15) is 4.79 Å². The fourth-order valence-electron chi connectivity index (χ4n) is 3.29. The summed E-state index contributed by atoms with van der Waals surface area (Å²) in [4.78, 5) is 14.5. The monoisotopic (exact) mass is 372 g/mol. The van der Waals surface area contributed by atoms with Gasteiger partial charge in [-0.1, -0.05) is 0 Å². The normalized spacial score (nSPS) is 17.4. The maximum atomic E-state index is 12.1. The number of nitrogens with one attached hydrogen (secondary N) is 1. The second-order valence-electron chi connectivity index (χ2n) is 6.28. The number of nitrogens with zero attached hydrogens (tertiary/aromatic N) is 3. The maximum absolute atomic E-state index is 12.1. The van der Waals surface area contributed by atoms with Crippen LogP contribution in [0.15, 0.2) is 45.9 Å². The van der Waals surface area contributed by atoms with Crippen LogP contribution >= 0.6 is 22.7 Å². The Balaban J connectivity index is 1.37. The first-order valence-corrected chi connectivity index (χ1v) is 10.2. The van der Waals surface area contributed by atoms with Crippen molar-refractivity contribution in [3.05, 3.63) is 62.7 Å². The van der Waals surface area contributed by atoms with Crippen LogP contribution < -0.4 is 5.32 Å². The second-order valence-corrected chi connectivity index (χ2v) is 7.84. The number of hydrogen-bond donors (Lipinski definition) is 1. The Bertz CT molecular complexity index is 810. The molecule has 4 heterocycles. The zero-order valence-corrected chi connectivity index (χ0v) is 15.4. The molecule has 25 heavy (non-hydrogen) atoms. The summed E-state index contributed by atoms with van der Waals surface area (Å²) in [5.41, 5.74) is 3.35. The molecule has 0 aromatic carbocycles. The Kier molecular flexibility index (Phi) is 4.96. The van der Waals surface area contributed by atoms with E-state index < -0.39 is 0 Å². The van der Waals surface area contributed by atoms with E-state index in [0.29, 0.717) is 12.6 Å². The van der Waals surface area contributed by atoms with Gasteiger partial charge in [0.25, 0.3) is 5.91 Å². The van der Waals surface area contributed by atoms with Crippen LogP contribution in [-0.2, 0) is 13.1 Å². The van der Waals surface area contributed by atoms with Gasteiger partial charge in [0.1, 0.15) is 0 Å². The Morgan fingerprint density at radius 3 is 2.92 bits per heavy atom. The molecule has 0 unspecified atom stereocenters. The summed E-state index contributed by atoms with van der Waals surface area (Å²) < 4.78 is 2.13. The van der Waals surface area contributed by atoms with Gasteiger partial charge in [-0.3, -0.25) is 14.4 Å². The van der Waals surface area contributed by atoms with E-state index in [1.54, 1.807) is 22.7 Å². The van der Waals surface area contributed by atoms with Crippen LogP contribution in [0.3, 0.4) is 0 Å². The highest BCUT2D eigenvalue weighted by atomic mass is 32.1. The predicted octanol–water partition coefficient (Wildman–Crippen LogP) is 3.38. The second kappa shape index (κ2) is 7.51. The summed E-state index contributed by atoms with van der Waals surface area (Å²) in [6.07, 6.45) is 2.76. The first kappa shape index (κ1) is 16.5. The van der Waals surface area contributed by atoms with Crippen LogP contribution in [0.4, 0.5) is 0 Å². The van der Waals surface area contributed by atoms with Crippen molar-refractivity contribution in [3.63, 3.8) is 0 Å². The molecule has 0 saturated carbocycles. The van der Waals surface area contributed by atoms with E-state index in [1.807, 2.05) is 23.0 Å². The van der Waals surface area contributed by atoms with Gasteiger partial charge in [-0.15, -0.1) is 0 Å². The van der Waals surface area contributed by atoms with E-state index in [0.717, 1.165) is 31.6 Å². The smallest absolute Gasteiger partial charge is 0.252 e. The molecule has 1 aliphatic rings. The molecule has 5 nitrogen and oxygen atoms in total. The third-order valence-corrected chi connectivity index (χ3v) is 5.90. The van der Waals surface area contributed by atoms with Gasteiger partial charge in [-0.2, -0.15) is 27.8 Å². The number of fused-ring (bicyclic) bond motifs is 1. The maximum Gasteiger partial charge on any atom is 0.252 e. The standard InChI is InChI=1S/C18H20N4OS2/c23-18(15-4-8-25-13-15)19-5-1-16-10-21(9-14-3-7-24-12-14)11-17-2-6-20-22(16)17/h2-4,6-8,12-13,16H,1,5,9-11H2,(H,19,23)/t16-/m1/s1. The van der Waals surface area contributed by atoms with E-state index in [1.165, 1.54) is 11.3 Å². The highest BCUT2D eigenvalue weighted by molar-refractivity contribution is 7.08. The Morgan fingerprint density at radius 1 is 1.24 bits per heavy atom. The molecule has 0 spiro atoms. The molecule has 3 aromatic heterocycles. The van der Waals surface area contributed by atoms with Crippen LogP contribution in [-0.4, -0.2) is 33.7 Å². The zero-order valence-electron chi connectivity index (χ0n) is 13.8. The summed E-state index contributed by atoms with van der Waals surface area (Å²) in [7, 11) is 0. The first-order valence-electron chi connectivity index (χ1n) is 8.36. The minimum atomic E-state index is 0.00729. The SMILES string of the molecule is O=C(NCC[C@@H]1CN(Cc2ccsc2)Cc2ccnn21)c1ccsc1. The minimum absolute atomic E-state index is 0.00729. The van der Waals surface area contributed by atoms with Gasteiger partial charge in [-0.25, -0.2) is 0 Å². The van der Waals surface area contributed by atoms with Crippen molar-refractivity contribution >= 4 is 28.6 Å². The van der Waals surface area contributed by atoms with Crippen LogP contribution in [0.25, 0.3) is 0 Å². The molecule has 0 saturated heterocycles. The minimum Gasteiger partial charge on any atom is -0.352 e. The van der Waals surface area contributed by atoms with Gasteiger partial charge >= 0.3 is 0 Å². The molecule has 7 heteroatoms. The van der Waals surface area contributed by atoms with Gasteiger partial charge in [-0.05, 0) is 46.3 Å². The van der Waals surface area contributed by atoms with Crippen molar-refractivity contribution in [2.24, 2.45) is 0 Å². The van der Waals surface area contributed by atoms with Crippen LogP contribution in [0, 0.1) is 0 Å². The summed E-state index contributed by atoms with van der Waals surface area (Å²) in [6.45, 7) is 3.50. The lowest BCUT2D eigenvalue weighted by atomic mass is 10.1. The third-order valence-electron chi connectivity index (χ3n) is 4.49. The summed E-state index contributed by atoms with van der Waals surface area (Å²) >= 11 is 3.28.